The van der Waals surface area contributed by atoms with E-state index in [1.807, 2.05) is 20.8 Å². The van der Waals surface area contributed by atoms with E-state index in [1.54, 1.807) is 23.1 Å². The third-order valence-electron chi connectivity index (χ3n) is 2.84. The van der Waals surface area contributed by atoms with Gasteiger partial charge in [0, 0.05) is 17.7 Å². The van der Waals surface area contributed by atoms with Crippen LogP contribution in [0.3, 0.4) is 0 Å². The summed E-state index contributed by atoms with van der Waals surface area (Å²) in [6.07, 6.45) is 1.64. The first-order valence-electron chi connectivity index (χ1n) is 6.22. The molecule has 0 radical (unpaired) electrons. The van der Waals surface area contributed by atoms with E-state index in [-0.39, 0.29) is 17.1 Å². The van der Waals surface area contributed by atoms with Crippen LogP contribution >= 0.6 is 24.0 Å². The zero-order chi connectivity index (χ0) is 15.8. The van der Waals surface area contributed by atoms with E-state index in [1.165, 1.54) is 23.9 Å². The lowest BCUT2D eigenvalue weighted by atomic mass is 10.1. The Morgan fingerprint density at radius 1 is 1.38 bits per heavy atom. The predicted molar refractivity (Wildman–Crippen MR) is 87.9 cm³/mol. The third-order valence-corrected chi connectivity index (χ3v) is 4.15. The number of nitro benzene ring substituents is 1. The largest absolute Gasteiger partial charge is 0.288 e. The highest BCUT2D eigenvalue weighted by Crippen LogP contribution is 2.37. The number of carbonyl (C=O) groups is 1. The van der Waals surface area contributed by atoms with Gasteiger partial charge in [-0.15, -0.1) is 0 Å². The molecular weight excluding hydrogens is 308 g/mol. The molecule has 2 rings (SSSR count). The van der Waals surface area contributed by atoms with Crippen LogP contribution in [0.25, 0.3) is 6.08 Å². The van der Waals surface area contributed by atoms with Crippen molar-refractivity contribution in [3.63, 3.8) is 0 Å². The molecule has 1 saturated heterocycles. The first-order valence-corrected chi connectivity index (χ1v) is 7.45. The number of carbonyl (C=O) groups excluding carboxylic acids is 1. The average molecular weight is 322 g/mol. The van der Waals surface area contributed by atoms with Crippen LogP contribution in [0.1, 0.15) is 26.3 Å². The van der Waals surface area contributed by atoms with E-state index in [9.17, 15) is 14.9 Å². The Balaban J connectivity index is 2.35. The molecule has 5 nitrogen and oxygen atoms in total. The molecule has 1 amide bonds. The minimum atomic E-state index is -0.461. The van der Waals surface area contributed by atoms with Crippen LogP contribution < -0.4 is 0 Å². The second kappa shape index (κ2) is 5.57. The summed E-state index contributed by atoms with van der Waals surface area (Å²) >= 11 is 6.46. The molecule has 21 heavy (non-hydrogen) atoms. The standard InChI is InChI=1S/C14H14N2O3S2/c1-14(2,3)15-12(17)11(21-13(15)20)8-9-5-4-6-10(7-9)16(18)19/h4-8H,1-3H3. The number of amides is 1. The van der Waals surface area contributed by atoms with Crippen molar-refractivity contribution in [3.8, 4) is 0 Å². The molecule has 0 spiro atoms. The van der Waals surface area contributed by atoms with Gasteiger partial charge in [-0.05, 0) is 32.4 Å². The van der Waals surface area contributed by atoms with Gasteiger partial charge in [-0.1, -0.05) is 36.1 Å². The molecule has 1 heterocycles. The number of non-ortho nitro benzene ring substituents is 1. The summed E-state index contributed by atoms with van der Waals surface area (Å²) < 4.78 is 0.504. The highest BCUT2D eigenvalue weighted by atomic mass is 32.2. The lowest BCUT2D eigenvalue weighted by molar-refractivity contribution is -0.384. The number of hydrogen-bond acceptors (Lipinski definition) is 5. The molecule has 1 aromatic carbocycles. The maximum atomic E-state index is 12.4. The number of thioether (sulfide) groups is 1. The third kappa shape index (κ3) is 3.30. The molecule has 1 aliphatic heterocycles. The number of hydrogen-bond donors (Lipinski definition) is 0. The Kier molecular flexibility index (Phi) is 4.15. The van der Waals surface area contributed by atoms with E-state index >= 15 is 0 Å². The summed E-state index contributed by atoms with van der Waals surface area (Å²) in [5.74, 6) is -0.163. The Morgan fingerprint density at radius 3 is 2.57 bits per heavy atom. The first kappa shape index (κ1) is 15.7. The molecular formula is C14H14N2O3S2. The van der Waals surface area contributed by atoms with Crippen LogP contribution in [0.2, 0.25) is 0 Å². The van der Waals surface area contributed by atoms with Gasteiger partial charge in [0.25, 0.3) is 11.6 Å². The first-order chi connectivity index (χ1) is 9.70. The summed E-state index contributed by atoms with van der Waals surface area (Å²) in [7, 11) is 0. The monoisotopic (exact) mass is 322 g/mol. The molecule has 0 aliphatic carbocycles. The second-order valence-corrected chi connectivity index (χ2v) is 7.22. The number of rotatable bonds is 2. The zero-order valence-electron chi connectivity index (χ0n) is 11.8. The molecule has 0 N–H and O–H groups in total. The molecule has 0 aromatic heterocycles. The van der Waals surface area contributed by atoms with E-state index < -0.39 is 4.92 Å². The Morgan fingerprint density at radius 2 is 2.05 bits per heavy atom. The normalized spacial score (nSPS) is 17.7. The molecule has 0 bridgehead atoms. The van der Waals surface area contributed by atoms with Gasteiger partial charge < -0.3 is 0 Å². The predicted octanol–water partition coefficient (Wildman–Crippen LogP) is 3.59. The molecule has 0 unspecified atom stereocenters. The number of nitro groups is 1. The fourth-order valence-corrected chi connectivity index (χ4v) is 3.56. The molecule has 0 atom stereocenters. The van der Waals surface area contributed by atoms with Crippen molar-refractivity contribution in [2.45, 2.75) is 26.3 Å². The molecule has 7 heteroatoms. The van der Waals surface area contributed by atoms with Gasteiger partial charge in [-0.3, -0.25) is 19.8 Å². The fourth-order valence-electron chi connectivity index (χ4n) is 1.93. The molecule has 1 aliphatic rings. The maximum Gasteiger partial charge on any atom is 0.270 e. The highest BCUT2D eigenvalue weighted by Gasteiger charge is 2.38. The highest BCUT2D eigenvalue weighted by molar-refractivity contribution is 8.26. The lowest BCUT2D eigenvalue weighted by Gasteiger charge is -2.30. The van der Waals surface area contributed by atoms with Gasteiger partial charge in [0.1, 0.15) is 4.32 Å². The maximum absolute atomic E-state index is 12.4. The van der Waals surface area contributed by atoms with Crippen LogP contribution in [0.4, 0.5) is 5.69 Å². The van der Waals surface area contributed by atoms with Gasteiger partial charge in [0.15, 0.2) is 0 Å². The fraction of sp³-hybridized carbons (Fsp3) is 0.286. The van der Waals surface area contributed by atoms with E-state index in [0.29, 0.717) is 14.8 Å². The van der Waals surface area contributed by atoms with E-state index in [0.717, 1.165) is 0 Å². The van der Waals surface area contributed by atoms with Crippen LogP contribution in [-0.4, -0.2) is 25.6 Å². The van der Waals surface area contributed by atoms with Crippen LogP contribution in [-0.2, 0) is 4.79 Å². The van der Waals surface area contributed by atoms with E-state index in [4.69, 9.17) is 12.2 Å². The number of nitrogens with zero attached hydrogens (tertiary/aromatic N) is 2. The van der Waals surface area contributed by atoms with Gasteiger partial charge in [0.2, 0.25) is 0 Å². The van der Waals surface area contributed by atoms with Gasteiger partial charge in [-0.2, -0.15) is 0 Å². The topological polar surface area (TPSA) is 63.5 Å². The Bertz CT molecular complexity index is 662. The summed E-state index contributed by atoms with van der Waals surface area (Å²) in [5.41, 5.74) is 0.216. The van der Waals surface area contributed by atoms with Crippen molar-refractivity contribution < 1.29 is 9.72 Å². The van der Waals surface area contributed by atoms with Crippen LogP contribution in [0.5, 0.6) is 0 Å². The number of benzene rings is 1. The summed E-state index contributed by atoms with van der Waals surface area (Å²) in [5, 5.41) is 10.8. The minimum absolute atomic E-state index is 0.00458. The van der Waals surface area contributed by atoms with Crippen LogP contribution in [0, 0.1) is 10.1 Å². The molecule has 0 saturated carbocycles. The van der Waals surface area contributed by atoms with Crippen LogP contribution in [0.15, 0.2) is 29.2 Å². The van der Waals surface area contributed by atoms with Crippen molar-refractivity contribution in [2.24, 2.45) is 0 Å². The Labute approximate surface area is 132 Å². The van der Waals surface area contributed by atoms with Crippen molar-refractivity contribution in [1.82, 2.24) is 4.90 Å². The number of thiocarbonyl (C=S) groups is 1. The molecule has 1 fully saturated rings. The van der Waals surface area contributed by atoms with Gasteiger partial charge in [0.05, 0.1) is 9.83 Å². The SMILES string of the molecule is CC(C)(C)N1C(=O)C(=Cc2cccc([N+](=O)[O-])c2)SC1=S. The van der Waals surface area contributed by atoms with Crippen molar-refractivity contribution >= 4 is 46.0 Å². The summed E-state index contributed by atoms with van der Waals surface area (Å²) in [6.45, 7) is 5.73. The smallest absolute Gasteiger partial charge is 0.270 e. The quantitative estimate of drug-likeness (QED) is 0.360. The van der Waals surface area contributed by atoms with E-state index in [2.05, 4.69) is 0 Å². The van der Waals surface area contributed by atoms with Gasteiger partial charge in [-0.25, -0.2) is 0 Å². The summed E-state index contributed by atoms with van der Waals surface area (Å²) in [6, 6.07) is 6.16. The zero-order valence-corrected chi connectivity index (χ0v) is 13.5. The lowest BCUT2D eigenvalue weighted by Crippen LogP contribution is -2.44. The van der Waals surface area contributed by atoms with Gasteiger partial charge >= 0.3 is 0 Å². The van der Waals surface area contributed by atoms with Crippen molar-refractivity contribution in [2.75, 3.05) is 0 Å². The summed E-state index contributed by atoms with van der Waals surface area (Å²) in [4.78, 5) is 24.8. The van der Waals surface area contributed by atoms with Crippen molar-refractivity contribution in [1.29, 1.82) is 0 Å². The molecule has 110 valence electrons. The average Bonchev–Trinajstić information content (AvgIpc) is 2.64. The Hall–Kier alpha value is -1.73. The molecule has 1 aromatic rings. The second-order valence-electron chi connectivity index (χ2n) is 5.54. The minimum Gasteiger partial charge on any atom is -0.288 e. The van der Waals surface area contributed by atoms with Crippen molar-refractivity contribution in [3.05, 3.63) is 44.8 Å².